The molecule has 266 valence electrons. The van der Waals surface area contributed by atoms with Crippen molar-refractivity contribution in [1.82, 2.24) is 9.80 Å². The summed E-state index contributed by atoms with van der Waals surface area (Å²) >= 11 is 5.94. The first-order chi connectivity index (χ1) is 23.3. The van der Waals surface area contributed by atoms with Gasteiger partial charge in [-0.25, -0.2) is 17.6 Å². The summed E-state index contributed by atoms with van der Waals surface area (Å²) in [5, 5.41) is 13.3. The van der Waals surface area contributed by atoms with Crippen LogP contribution < -0.4 is 14.8 Å². The van der Waals surface area contributed by atoms with Crippen LogP contribution in [0.2, 0.25) is 5.02 Å². The van der Waals surface area contributed by atoms with Gasteiger partial charge in [-0.05, 0) is 99.8 Å². The van der Waals surface area contributed by atoms with Crippen molar-refractivity contribution in [2.24, 2.45) is 5.92 Å². The van der Waals surface area contributed by atoms with E-state index in [0.717, 1.165) is 12.8 Å². The number of halogens is 2. The molecule has 1 heterocycles. The first kappa shape index (κ1) is 37.9. The Kier molecular flexibility index (Phi) is 13.3. The Balaban J connectivity index is 1.62. The van der Waals surface area contributed by atoms with Crippen LogP contribution in [0.1, 0.15) is 50.4 Å². The molecule has 1 aliphatic rings. The van der Waals surface area contributed by atoms with Crippen LogP contribution in [0.3, 0.4) is 0 Å². The number of nitrogens with zero attached hydrogens (tertiary/aromatic N) is 2. The zero-order chi connectivity index (χ0) is 35.7. The van der Waals surface area contributed by atoms with Crippen LogP contribution >= 0.6 is 11.6 Å². The maximum Gasteiger partial charge on any atom is 0.321 e. The van der Waals surface area contributed by atoms with Gasteiger partial charge in [-0.15, -0.1) is 0 Å². The van der Waals surface area contributed by atoms with Crippen molar-refractivity contribution < 1.29 is 37.0 Å². The quantitative estimate of drug-likeness (QED) is 0.251. The second-order valence-electron chi connectivity index (χ2n) is 12.4. The monoisotopic (exact) mass is 718 g/mol. The molecule has 0 bridgehead atoms. The Morgan fingerprint density at radius 2 is 1.76 bits per heavy atom. The average molecular weight is 719 g/mol. The van der Waals surface area contributed by atoms with Gasteiger partial charge >= 0.3 is 6.03 Å². The third kappa shape index (κ3) is 10.5. The topological polar surface area (TPSA) is 138 Å². The van der Waals surface area contributed by atoms with Crippen molar-refractivity contribution >= 4 is 44.9 Å². The molecule has 14 heteroatoms. The van der Waals surface area contributed by atoms with E-state index in [0.29, 0.717) is 23.7 Å². The summed E-state index contributed by atoms with van der Waals surface area (Å²) in [5.41, 5.74) is 0.719. The molecule has 0 spiro atoms. The fourth-order valence-electron chi connectivity index (χ4n) is 5.38. The minimum Gasteiger partial charge on any atom is -0.490 e. The summed E-state index contributed by atoms with van der Waals surface area (Å²) in [5.74, 6) is -0.904. The number of rotatable bonds is 8. The van der Waals surface area contributed by atoms with Crippen molar-refractivity contribution in [3.8, 4) is 5.75 Å². The number of aliphatic hydroxyl groups excluding tert-OH is 1. The van der Waals surface area contributed by atoms with Gasteiger partial charge in [-0.2, -0.15) is 0 Å². The smallest absolute Gasteiger partial charge is 0.321 e. The van der Waals surface area contributed by atoms with Gasteiger partial charge in [0, 0.05) is 49.1 Å². The molecule has 0 aromatic heterocycles. The number of anilines is 2. The highest BCUT2D eigenvalue weighted by Gasteiger charge is 2.31. The number of amides is 3. The molecule has 4 atom stereocenters. The Labute approximate surface area is 292 Å². The highest BCUT2D eigenvalue weighted by Crippen LogP contribution is 2.30. The number of benzene rings is 3. The molecule has 3 aromatic carbocycles. The number of nitrogens with one attached hydrogen (secondary N) is 2. The summed E-state index contributed by atoms with van der Waals surface area (Å²) in [6, 6.07) is 14.7. The van der Waals surface area contributed by atoms with Crippen LogP contribution in [0.5, 0.6) is 5.75 Å². The zero-order valence-electron chi connectivity index (χ0n) is 28.1. The molecule has 3 aromatic rings. The number of aliphatic hydroxyl groups is 1. The molecular weight excluding hydrogens is 675 g/mol. The Morgan fingerprint density at radius 3 is 2.43 bits per heavy atom. The average Bonchev–Trinajstić information content (AvgIpc) is 3.07. The number of urea groups is 1. The van der Waals surface area contributed by atoms with Gasteiger partial charge in [0.05, 0.1) is 35.3 Å². The van der Waals surface area contributed by atoms with E-state index in [9.17, 15) is 27.5 Å². The summed E-state index contributed by atoms with van der Waals surface area (Å²) < 4.78 is 54.8. The second kappa shape index (κ2) is 17.1. The van der Waals surface area contributed by atoms with Gasteiger partial charge in [0.25, 0.3) is 15.9 Å². The first-order valence-corrected chi connectivity index (χ1v) is 18.0. The molecule has 49 heavy (non-hydrogen) atoms. The van der Waals surface area contributed by atoms with E-state index in [1.807, 2.05) is 13.8 Å². The summed E-state index contributed by atoms with van der Waals surface area (Å²) in [6.45, 7) is 5.94. The van der Waals surface area contributed by atoms with Crippen molar-refractivity contribution in [2.75, 3.05) is 43.4 Å². The van der Waals surface area contributed by atoms with Crippen molar-refractivity contribution in [2.45, 2.75) is 63.2 Å². The minimum atomic E-state index is -4.01. The van der Waals surface area contributed by atoms with E-state index in [-0.39, 0.29) is 53.6 Å². The van der Waals surface area contributed by atoms with Gasteiger partial charge in [0.1, 0.15) is 11.6 Å². The zero-order valence-corrected chi connectivity index (χ0v) is 29.6. The highest BCUT2D eigenvalue weighted by atomic mass is 35.5. The van der Waals surface area contributed by atoms with Crippen LogP contribution in [0.25, 0.3) is 0 Å². The van der Waals surface area contributed by atoms with Crippen LogP contribution in [-0.4, -0.2) is 86.9 Å². The molecule has 0 unspecified atom stereocenters. The molecule has 0 radical (unpaired) electrons. The number of sulfonamides is 1. The van der Waals surface area contributed by atoms with Gasteiger partial charge in [0.2, 0.25) is 0 Å². The standard InChI is InChI=1S/C35H44ClFN4O7S/c1-23-20-41(24(2)22-42)34(43)31-19-29(39-49(45,46)30-15-8-26(36)9-16-30)14-17-32(31)48-25(3)7-5-6-18-47-33(23)21-40(4)35(44)38-28-12-10-27(37)11-13-28/h8-17,19,23-25,33,39,42H,5-7,18,20-22H2,1-4H3,(H,38,44)/t23-,24-,25-,33-/m1/s1. The molecule has 11 nitrogen and oxygen atoms in total. The SMILES string of the molecule is C[C@@H]1CCCCO[C@H](CN(C)C(=O)Nc2ccc(F)cc2)[C@H](C)CN([C@H](C)CO)C(=O)c2cc(NS(=O)(=O)c3ccc(Cl)cc3)ccc2O1. The first-order valence-electron chi connectivity index (χ1n) is 16.2. The number of carbonyl (C=O) groups is 2. The molecule has 3 amide bonds. The van der Waals surface area contributed by atoms with Crippen molar-refractivity contribution in [3.63, 3.8) is 0 Å². The van der Waals surface area contributed by atoms with Gasteiger partial charge in [-0.1, -0.05) is 18.5 Å². The van der Waals surface area contributed by atoms with E-state index in [1.54, 1.807) is 20.0 Å². The second-order valence-corrected chi connectivity index (χ2v) is 14.5. The van der Waals surface area contributed by atoms with E-state index >= 15 is 0 Å². The molecule has 0 fully saturated rings. The van der Waals surface area contributed by atoms with E-state index in [2.05, 4.69) is 10.0 Å². The lowest BCUT2D eigenvalue weighted by Crippen LogP contribution is -2.48. The minimum absolute atomic E-state index is 0.0000990. The fraction of sp³-hybridized carbons (Fsp3) is 0.429. The van der Waals surface area contributed by atoms with Crippen LogP contribution in [0.4, 0.5) is 20.6 Å². The van der Waals surface area contributed by atoms with Crippen LogP contribution in [0.15, 0.2) is 71.6 Å². The molecule has 0 aliphatic carbocycles. The van der Waals surface area contributed by atoms with E-state index in [4.69, 9.17) is 21.1 Å². The van der Waals surface area contributed by atoms with E-state index in [1.165, 1.54) is 70.5 Å². The molecular formula is C35H44ClFN4O7S. The van der Waals surface area contributed by atoms with E-state index < -0.39 is 39.9 Å². The summed E-state index contributed by atoms with van der Waals surface area (Å²) in [7, 11) is -2.38. The largest absolute Gasteiger partial charge is 0.490 e. The fourth-order valence-corrected chi connectivity index (χ4v) is 6.56. The summed E-state index contributed by atoms with van der Waals surface area (Å²) in [6.07, 6.45) is 1.42. The number of ether oxygens (including phenoxy) is 2. The number of carbonyl (C=O) groups excluding carboxylic acids is 2. The molecule has 0 saturated heterocycles. The Bertz CT molecular complexity index is 1680. The third-order valence-electron chi connectivity index (χ3n) is 8.32. The lowest BCUT2D eigenvalue weighted by Gasteiger charge is -2.35. The maximum atomic E-state index is 14.3. The molecule has 1 aliphatic heterocycles. The Hall–Kier alpha value is -3.91. The van der Waals surface area contributed by atoms with Crippen molar-refractivity contribution in [1.29, 1.82) is 0 Å². The molecule has 0 saturated carbocycles. The number of hydrogen-bond acceptors (Lipinski definition) is 7. The van der Waals surface area contributed by atoms with Gasteiger partial charge in [0.15, 0.2) is 0 Å². The predicted octanol–water partition coefficient (Wildman–Crippen LogP) is 6.24. The van der Waals surface area contributed by atoms with Crippen molar-refractivity contribution in [3.05, 3.63) is 83.1 Å². The number of hydrogen-bond donors (Lipinski definition) is 3. The normalized spacial score (nSPS) is 19.9. The van der Waals surface area contributed by atoms with Gasteiger partial charge in [-0.3, -0.25) is 9.52 Å². The van der Waals surface area contributed by atoms with Crippen LogP contribution in [0, 0.1) is 11.7 Å². The van der Waals surface area contributed by atoms with Crippen LogP contribution in [-0.2, 0) is 14.8 Å². The molecule has 3 N–H and O–H groups in total. The number of fused-ring (bicyclic) bond motifs is 1. The Morgan fingerprint density at radius 1 is 1.08 bits per heavy atom. The maximum absolute atomic E-state index is 14.3. The number of likely N-dealkylation sites (N-methyl/N-ethyl adjacent to an activating group) is 1. The third-order valence-corrected chi connectivity index (χ3v) is 9.97. The summed E-state index contributed by atoms with van der Waals surface area (Å²) in [4.78, 5) is 30.3. The highest BCUT2D eigenvalue weighted by molar-refractivity contribution is 7.92. The lowest BCUT2D eigenvalue weighted by atomic mass is 10.0. The predicted molar refractivity (Wildman–Crippen MR) is 187 cm³/mol. The van der Waals surface area contributed by atoms with Gasteiger partial charge < -0.3 is 29.7 Å². The lowest BCUT2D eigenvalue weighted by molar-refractivity contribution is -0.0115. The molecule has 4 rings (SSSR count).